The Bertz CT molecular complexity index is 1020. The Labute approximate surface area is 138 Å². The molecular formula is C18H17N3O3. The topological polar surface area (TPSA) is 72.3 Å². The van der Waals surface area contributed by atoms with Gasteiger partial charge in [0, 0.05) is 44.2 Å². The Kier molecular flexibility index (Phi) is 3.48. The van der Waals surface area contributed by atoms with Crippen molar-refractivity contribution in [3.63, 3.8) is 0 Å². The fourth-order valence-corrected chi connectivity index (χ4v) is 2.84. The van der Waals surface area contributed by atoms with E-state index in [4.69, 9.17) is 9.47 Å². The summed E-state index contributed by atoms with van der Waals surface area (Å²) in [7, 11) is 3.45. The quantitative estimate of drug-likeness (QED) is 0.564. The summed E-state index contributed by atoms with van der Waals surface area (Å²) in [5, 5.41) is 11.1. The van der Waals surface area contributed by atoms with Gasteiger partial charge in [-0.25, -0.2) is 0 Å². The van der Waals surface area contributed by atoms with Crippen LogP contribution in [0, 0.1) is 0 Å². The molecule has 122 valence electrons. The molecule has 24 heavy (non-hydrogen) atoms. The zero-order chi connectivity index (χ0) is 16.7. The van der Waals surface area contributed by atoms with Crippen molar-refractivity contribution in [1.82, 2.24) is 14.5 Å². The Balaban J connectivity index is 1.72. The van der Waals surface area contributed by atoms with E-state index < -0.39 is 6.29 Å². The lowest BCUT2D eigenvalue weighted by atomic mass is 10.2. The van der Waals surface area contributed by atoms with E-state index in [1.807, 2.05) is 36.0 Å². The molecule has 1 aromatic carbocycles. The number of nitrogens with zero attached hydrogens (tertiary/aromatic N) is 2. The zero-order valence-electron chi connectivity index (χ0n) is 13.4. The standard InChI is InChI=1S/C18H17N3O3/c1-21-8-6-11-3-4-12(9-15(11)21)24-16-10-14-17(20-16)13(5-7-19-14)18(22)23-2/h3-10,18,20,22H,1-2H3. The highest BCUT2D eigenvalue weighted by atomic mass is 16.6. The lowest BCUT2D eigenvalue weighted by Gasteiger charge is -2.09. The highest BCUT2D eigenvalue weighted by Gasteiger charge is 2.14. The number of pyridine rings is 1. The molecule has 0 fully saturated rings. The molecule has 3 heterocycles. The molecule has 0 aliphatic rings. The highest BCUT2D eigenvalue weighted by molar-refractivity contribution is 5.82. The van der Waals surface area contributed by atoms with Gasteiger partial charge in [0.2, 0.25) is 0 Å². The molecule has 1 unspecified atom stereocenters. The third-order valence-corrected chi connectivity index (χ3v) is 4.11. The smallest absolute Gasteiger partial charge is 0.200 e. The first-order chi connectivity index (χ1) is 11.7. The number of aromatic amines is 1. The highest BCUT2D eigenvalue weighted by Crippen LogP contribution is 2.30. The van der Waals surface area contributed by atoms with E-state index in [-0.39, 0.29) is 0 Å². The van der Waals surface area contributed by atoms with Crippen LogP contribution in [-0.2, 0) is 11.8 Å². The van der Waals surface area contributed by atoms with Crippen LogP contribution < -0.4 is 4.74 Å². The fraction of sp³-hybridized carbons (Fsp3) is 0.167. The summed E-state index contributed by atoms with van der Waals surface area (Å²) in [5.74, 6) is 1.28. The van der Waals surface area contributed by atoms with E-state index in [9.17, 15) is 5.11 Å². The summed E-state index contributed by atoms with van der Waals surface area (Å²) >= 11 is 0. The number of aromatic nitrogens is 3. The van der Waals surface area contributed by atoms with Crippen LogP contribution in [0.3, 0.4) is 0 Å². The van der Waals surface area contributed by atoms with E-state index in [1.165, 1.54) is 7.11 Å². The van der Waals surface area contributed by atoms with Crippen LogP contribution >= 0.6 is 0 Å². The minimum atomic E-state index is -1.01. The molecule has 1 atom stereocenters. The van der Waals surface area contributed by atoms with Crippen LogP contribution in [-0.4, -0.2) is 26.8 Å². The van der Waals surface area contributed by atoms with Crippen LogP contribution in [0.5, 0.6) is 11.6 Å². The van der Waals surface area contributed by atoms with Gasteiger partial charge in [0.1, 0.15) is 5.75 Å². The molecule has 0 radical (unpaired) electrons. The number of benzene rings is 1. The van der Waals surface area contributed by atoms with Crippen LogP contribution in [0.2, 0.25) is 0 Å². The van der Waals surface area contributed by atoms with Crippen molar-refractivity contribution in [2.75, 3.05) is 7.11 Å². The van der Waals surface area contributed by atoms with E-state index in [0.29, 0.717) is 22.5 Å². The molecule has 0 aliphatic heterocycles. The van der Waals surface area contributed by atoms with Gasteiger partial charge in [-0.1, -0.05) is 0 Å². The van der Waals surface area contributed by atoms with Gasteiger partial charge in [-0.3, -0.25) is 4.98 Å². The maximum Gasteiger partial charge on any atom is 0.200 e. The molecule has 4 aromatic rings. The second-order valence-corrected chi connectivity index (χ2v) is 5.63. The first-order valence-electron chi connectivity index (χ1n) is 7.57. The molecule has 0 saturated carbocycles. The molecule has 6 heteroatoms. The lowest BCUT2D eigenvalue weighted by molar-refractivity contribution is -0.0760. The third-order valence-electron chi connectivity index (χ3n) is 4.11. The van der Waals surface area contributed by atoms with Gasteiger partial charge in [-0.2, -0.15) is 0 Å². The Morgan fingerprint density at radius 2 is 2.08 bits per heavy atom. The number of aliphatic hydroxyl groups excluding tert-OH is 1. The number of hydrogen-bond donors (Lipinski definition) is 2. The molecule has 0 amide bonds. The summed E-state index contributed by atoms with van der Waals surface area (Å²) in [4.78, 5) is 7.45. The van der Waals surface area contributed by atoms with Gasteiger partial charge in [0.05, 0.1) is 16.6 Å². The van der Waals surface area contributed by atoms with Gasteiger partial charge in [-0.15, -0.1) is 0 Å². The molecular weight excluding hydrogens is 306 g/mol. The van der Waals surface area contributed by atoms with Crippen LogP contribution in [0.15, 0.2) is 48.8 Å². The second-order valence-electron chi connectivity index (χ2n) is 5.63. The number of hydrogen-bond acceptors (Lipinski definition) is 4. The number of aryl methyl sites for hydroxylation is 1. The average Bonchev–Trinajstić information content (AvgIpc) is 3.17. The second kappa shape index (κ2) is 5.67. The average molecular weight is 323 g/mol. The number of H-pyrrole nitrogens is 1. The maximum atomic E-state index is 9.94. The number of aliphatic hydroxyl groups is 1. The zero-order valence-corrected chi connectivity index (χ0v) is 13.4. The van der Waals surface area contributed by atoms with Gasteiger partial charge >= 0.3 is 0 Å². The largest absolute Gasteiger partial charge is 0.441 e. The van der Waals surface area contributed by atoms with Crippen molar-refractivity contribution in [2.24, 2.45) is 7.05 Å². The molecule has 4 rings (SSSR count). The van der Waals surface area contributed by atoms with E-state index in [2.05, 4.69) is 16.0 Å². The number of fused-ring (bicyclic) bond motifs is 2. The molecule has 0 aliphatic carbocycles. The first kappa shape index (κ1) is 14.7. The van der Waals surface area contributed by atoms with E-state index in [0.717, 1.165) is 16.7 Å². The fourth-order valence-electron chi connectivity index (χ4n) is 2.84. The van der Waals surface area contributed by atoms with Crippen LogP contribution in [0.4, 0.5) is 0 Å². The summed E-state index contributed by atoms with van der Waals surface area (Å²) in [6.45, 7) is 0. The van der Waals surface area contributed by atoms with Crippen molar-refractivity contribution in [3.8, 4) is 11.6 Å². The minimum Gasteiger partial charge on any atom is -0.441 e. The monoisotopic (exact) mass is 323 g/mol. The van der Waals surface area contributed by atoms with Gasteiger partial charge in [0.15, 0.2) is 12.2 Å². The van der Waals surface area contributed by atoms with Crippen LogP contribution in [0.1, 0.15) is 11.9 Å². The third kappa shape index (κ3) is 2.42. The SMILES string of the molecule is COC(O)c1ccnc2cc(Oc3ccc4ccn(C)c4c3)[nH]c12. The van der Waals surface area contributed by atoms with Crippen LogP contribution in [0.25, 0.3) is 21.9 Å². The Hall–Kier alpha value is -2.83. The predicted octanol–water partition coefficient (Wildman–Crippen LogP) is 3.48. The van der Waals surface area contributed by atoms with Gasteiger partial charge in [-0.05, 0) is 29.7 Å². The predicted molar refractivity (Wildman–Crippen MR) is 91.1 cm³/mol. The number of ether oxygens (including phenoxy) is 2. The Morgan fingerprint density at radius 3 is 2.92 bits per heavy atom. The number of rotatable bonds is 4. The van der Waals surface area contributed by atoms with Crippen molar-refractivity contribution in [2.45, 2.75) is 6.29 Å². The van der Waals surface area contributed by atoms with E-state index in [1.54, 1.807) is 18.3 Å². The lowest BCUT2D eigenvalue weighted by Crippen LogP contribution is -2.00. The maximum absolute atomic E-state index is 9.94. The molecule has 2 N–H and O–H groups in total. The minimum absolute atomic E-state index is 0.557. The first-order valence-corrected chi connectivity index (χ1v) is 7.57. The molecule has 3 aromatic heterocycles. The number of nitrogens with one attached hydrogen (secondary N) is 1. The summed E-state index contributed by atoms with van der Waals surface area (Å²) < 4.78 is 13.0. The van der Waals surface area contributed by atoms with E-state index >= 15 is 0 Å². The summed E-state index contributed by atoms with van der Waals surface area (Å²) in [6.07, 6.45) is 2.63. The molecule has 0 spiro atoms. The van der Waals surface area contributed by atoms with Crippen molar-refractivity contribution in [1.29, 1.82) is 0 Å². The Morgan fingerprint density at radius 1 is 1.21 bits per heavy atom. The molecule has 0 saturated heterocycles. The normalized spacial score (nSPS) is 12.8. The van der Waals surface area contributed by atoms with Gasteiger partial charge in [0.25, 0.3) is 0 Å². The summed E-state index contributed by atoms with van der Waals surface area (Å²) in [5.41, 5.74) is 3.12. The molecule has 0 bridgehead atoms. The summed E-state index contributed by atoms with van der Waals surface area (Å²) in [6, 6.07) is 11.5. The number of methoxy groups -OCH3 is 1. The molecule has 6 nitrogen and oxygen atoms in total. The van der Waals surface area contributed by atoms with Crippen molar-refractivity contribution >= 4 is 21.9 Å². The van der Waals surface area contributed by atoms with Gasteiger partial charge < -0.3 is 24.1 Å². The van der Waals surface area contributed by atoms with Crippen molar-refractivity contribution < 1.29 is 14.6 Å². The van der Waals surface area contributed by atoms with Crippen molar-refractivity contribution in [3.05, 3.63) is 54.4 Å².